The van der Waals surface area contributed by atoms with Crippen LogP contribution in [0.15, 0.2) is 18.2 Å². The lowest BCUT2D eigenvalue weighted by Gasteiger charge is -2.23. The zero-order valence-corrected chi connectivity index (χ0v) is 14.1. The molecule has 5 heteroatoms. The third-order valence-electron chi connectivity index (χ3n) is 3.85. The molecule has 0 atom stereocenters. The Bertz CT molecular complexity index is 562. The van der Waals surface area contributed by atoms with Crippen molar-refractivity contribution >= 4 is 32.4 Å². The average molecular weight is 306 g/mol. The molecule has 1 aromatic carbocycles. The Morgan fingerprint density at radius 1 is 1.10 bits per heavy atom. The fraction of sp³-hybridized carbons (Fsp3) is 0.562. The third kappa shape index (κ3) is 4.08. The summed E-state index contributed by atoms with van der Waals surface area (Å²) in [4.78, 5) is 9.57. The molecule has 0 saturated heterocycles. The smallest absolute Gasteiger partial charge is 0.186 e. The van der Waals surface area contributed by atoms with Crippen LogP contribution < -0.4 is 10.6 Å². The van der Waals surface area contributed by atoms with E-state index >= 15 is 0 Å². The predicted octanol–water partition coefficient (Wildman–Crippen LogP) is 3.44. The molecule has 0 aliphatic rings. The molecule has 1 heterocycles. The van der Waals surface area contributed by atoms with Gasteiger partial charge in [-0.15, -0.1) is 0 Å². The molecule has 0 amide bonds. The highest BCUT2D eigenvalue weighted by Crippen LogP contribution is 2.30. The van der Waals surface area contributed by atoms with Crippen molar-refractivity contribution in [1.82, 2.24) is 9.88 Å². The van der Waals surface area contributed by atoms with Crippen molar-refractivity contribution in [3.63, 3.8) is 0 Å². The SMILES string of the molecule is CCN(CC)CCCN(CC)c1nc2ccc(N)cc2s1. The van der Waals surface area contributed by atoms with Gasteiger partial charge < -0.3 is 15.5 Å². The number of nitrogens with zero attached hydrogens (tertiary/aromatic N) is 3. The summed E-state index contributed by atoms with van der Waals surface area (Å²) in [6, 6.07) is 5.94. The Hall–Kier alpha value is -1.33. The zero-order valence-electron chi connectivity index (χ0n) is 13.3. The lowest BCUT2D eigenvalue weighted by Crippen LogP contribution is -2.29. The number of nitrogens with two attached hydrogens (primary N) is 1. The predicted molar refractivity (Wildman–Crippen MR) is 94.3 cm³/mol. The Morgan fingerprint density at radius 2 is 1.86 bits per heavy atom. The molecule has 4 nitrogen and oxygen atoms in total. The van der Waals surface area contributed by atoms with E-state index in [0.29, 0.717) is 0 Å². The van der Waals surface area contributed by atoms with Crippen molar-refractivity contribution in [2.24, 2.45) is 0 Å². The molecule has 0 spiro atoms. The first-order valence-electron chi connectivity index (χ1n) is 7.81. The van der Waals surface area contributed by atoms with Gasteiger partial charge in [-0.05, 0) is 51.2 Å². The Kier molecular flexibility index (Phi) is 5.82. The van der Waals surface area contributed by atoms with E-state index in [1.54, 1.807) is 11.3 Å². The molecule has 0 fully saturated rings. The van der Waals surface area contributed by atoms with E-state index in [4.69, 9.17) is 10.7 Å². The fourth-order valence-corrected chi connectivity index (χ4v) is 3.58. The average Bonchev–Trinajstić information content (AvgIpc) is 2.90. The highest BCUT2D eigenvalue weighted by molar-refractivity contribution is 7.22. The lowest BCUT2D eigenvalue weighted by molar-refractivity contribution is 0.301. The molecule has 0 bridgehead atoms. The van der Waals surface area contributed by atoms with Crippen molar-refractivity contribution in [1.29, 1.82) is 0 Å². The summed E-state index contributed by atoms with van der Waals surface area (Å²) in [5.41, 5.74) is 7.70. The van der Waals surface area contributed by atoms with E-state index in [9.17, 15) is 0 Å². The molecule has 0 aliphatic heterocycles. The maximum absolute atomic E-state index is 5.85. The van der Waals surface area contributed by atoms with Crippen LogP contribution in [-0.2, 0) is 0 Å². The quantitative estimate of drug-likeness (QED) is 0.759. The van der Waals surface area contributed by atoms with Gasteiger partial charge in [0.2, 0.25) is 0 Å². The molecule has 2 N–H and O–H groups in total. The molecule has 1 aromatic heterocycles. The molecule has 116 valence electrons. The van der Waals surface area contributed by atoms with Crippen LogP contribution in [0.3, 0.4) is 0 Å². The van der Waals surface area contributed by atoms with Gasteiger partial charge in [-0.25, -0.2) is 4.98 Å². The molecule has 21 heavy (non-hydrogen) atoms. The molecule has 0 radical (unpaired) electrons. The van der Waals surface area contributed by atoms with Crippen LogP contribution in [-0.4, -0.2) is 42.6 Å². The Morgan fingerprint density at radius 3 is 2.52 bits per heavy atom. The maximum atomic E-state index is 5.85. The number of thiazole rings is 1. The van der Waals surface area contributed by atoms with Gasteiger partial charge in [0.05, 0.1) is 10.2 Å². The summed E-state index contributed by atoms with van der Waals surface area (Å²) in [5, 5.41) is 1.11. The Balaban J connectivity index is 2.02. The van der Waals surface area contributed by atoms with Gasteiger partial charge in [0, 0.05) is 18.8 Å². The second-order valence-corrected chi connectivity index (χ2v) is 6.19. The van der Waals surface area contributed by atoms with E-state index in [2.05, 4.69) is 30.6 Å². The lowest BCUT2D eigenvalue weighted by atomic mass is 10.3. The number of hydrogen-bond acceptors (Lipinski definition) is 5. The van der Waals surface area contributed by atoms with Crippen molar-refractivity contribution in [3.05, 3.63) is 18.2 Å². The summed E-state index contributed by atoms with van der Waals surface area (Å²) in [5.74, 6) is 0. The number of aromatic nitrogens is 1. The first-order chi connectivity index (χ1) is 10.2. The van der Waals surface area contributed by atoms with Gasteiger partial charge in [-0.3, -0.25) is 0 Å². The summed E-state index contributed by atoms with van der Waals surface area (Å²) in [6.45, 7) is 12.1. The molecule has 0 saturated carbocycles. The minimum Gasteiger partial charge on any atom is -0.399 e. The second kappa shape index (κ2) is 7.61. The van der Waals surface area contributed by atoms with E-state index in [-0.39, 0.29) is 0 Å². The van der Waals surface area contributed by atoms with Crippen LogP contribution in [0.2, 0.25) is 0 Å². The van der Waals surface area contributed by atoms with Crippen molar-refractivity contribution in [2.45, 2.75) is 27.2 Å². The molecule has 0 aliphatic carbocycles. The van der Waals surface area contributed by atoms with Crippen molar-refractivity contribution in [2.75, 3.05) is 43.4 Å². The van der Waals surface area contributed by atoms with Crippen LogP contribution in [0, 0.1) is 0 Å². The third-order valence-corrected chi connectivity index (χ3v) is 4.93. The van der Waals surface area contributed by atoms with Crippen molar-refractivity contribution in [3.8, 4) is 0 Å². The number of hydrogen-bond donors (Lipinski definition) is 1. The molecular formula is C16H26N4S. The molecule has 0 unspecified atom stereocenters. The highest BCUT2D eigenvalue weighted by Gasteiger charge is 2.11. The van der Waals surface area contributed by atoms with Crippen molar-refractivity contribution < 1.29 is 0 Å². The topological polar surface area (TPSA) is 45.4 Å². The number of benzene rings is 1. The second-order valence-electron chi connectivity index (χ2n) is 5.18. The van der Waals surface area contributed by atoms with Gasteiger partial charge in [0.25, 0.3) is 0 Å². The standard InChI is InChI=1S/C16H26N4S/c1-4-19(5-2)10-7-11-20(6-3)16-18-14-9-8-13(17)12-15(14)21-16/h8-9,12H,4-7,10-11,17H2,1-3H3. The van der Waals surface area contributed by atoms with Gasteiger partial charge in [0.1, 0.15) is 0 Å². The first-order valence-corrected chi connectivity index (χ1v) is 8.62. The Labute approximate surface area is 131 Å². The van der Waals surface area contributed by atoms with Gasteiger partial charge in [0.15, 0.2) is 5.13 Å². The maximum Gasteiger partial charge on any atom is 0.186 e. The van der Waals surface area contributed by atoms with Crippen LogP contribution >= 0.6 is 11.3 Å². The summed E-state index contributed by atoms with van der Waals surface area (Å²) in [7, 11) is 0. The van der Waals surface area contributed by atoms with Crippen LogP contribution in [0.1, 0.15) is 27.2 Å². The monoisotopic (exact) mass is 306 g/mol. The molecular weight excluding hydrogens is 280 g/mol. The summed E-state index contributed by atoms with van der Waals surface area (Å²) >= 11 is 1.74. The van der Waals surface area contributed by atoms with Crippen LogP contribution in [0.25, 0.3) is 10.2 Å². The minimum atomic E-state index is 0.808. The van der Waals surface area contributed by atoms with E-state index in [1.807, 2.05) is 18.2 Å². The van der Waals surface area contributed by atoms with Gasteiger partial charge in [-0.1, -0.05) is 25.2 Å². The molecule has 2 aromatic rings. The van der Waals surface area contributed by atoms with E-state index < -0.39 is 0 Å². The van der Waals surface area contributed by atoms with Gasteiger partial charge in [-0.2, -0.15) is 0 Å². The minimum absolute atomic E-state index is 0.808. The number of anilines is 2. The zero-order chi connectivity index (χ0) is 15.2. The largest absolute Gasteiger partial charge is 0.399 e. The van der Waals surface area contributed by atoms with Gasteiger partial charge >= 0.3 is 0 Å². The fourth-order valence-electron chi connectivity index (χ4n) is 2.48. The number of nitrogen functional groups attached to an aromatic ring is 1. The number of fused-ring (bicyclic) bond motifs is 1. The molecule has 2 rings (SSSR count). The summed E-state index contributed by atoms with van der Waals surface area (Å²) < 4.78 is 1.17. The van der Waals surface area contributed by atoms with Crippen LogP contribution in [0.4, 0.5) is 10.8 Å². The highest BCUT2D eigenvalue weighted by atomic mass is 32.1. The first kappa shape index (κ1) is 16.0. The normalized spacial score (nSPS) is 11.4. The number of rotatable bonds is 8. The van der Waals surface area contributed by atoms with E-state index in [1.165, 1.54) is 11.1 Å². The van der Waals surface area contributed by atoms with E-state index in [0.717, 1.165) is 49.1 Å². The van der Waals surface area contributed by atoms with Crippen LogP contribution in [0.5, 0.6) is 0 Å². The summed E-state index contributed by atoms with van der Waals surface area (Å²) in [6.07, 6.45) is 1.17.